The van der Waals surface area contributed by atoms with Gasteiger partial charge in [0.1, 0.15) is 5.58 Å². The Morgan fingerprint density at radius 1 is 1.03 bits per heavy atom. The first-order valence-corrected chi connectivity index (χ1v) is 9.54. The lowest BCUT2D eigenvalue weighted by atomic mass is 10.1. The van der Waals surface area contributed by atoms with E-state index in [0.29, 0.717) is 16.8 Å². The first-order valence-electron chi connectivity index (χ1n) is 9.54. The fraction of sp³-hybridized carbons (Fsp3) is 0.261. The Morgan fingerprint density at radius 3 is 2.47 bits per heavy atom. The number of likely N-dealkylation sites (N-methyl/N-ethyl adjacent to an activating group) is 1. The third-order valence-electron chi connectivity index (χ3n) is 4.64. The molecule has 0 saturated carbocycles. The Kier molecular flexibility index (Phi) is 6.51. The molecule has 7 nitrogen and oxygen atoms in total. The van der Waals surface area contributed by atoms with Crippen molar-refractivity contribution in [3.8, 4) is 0 Å². The standard InChI is InChI=1S/C23H24N2O5/c1-15-4-7-18(8-5-15)24-21(26)12-25(3)22(27)14-30-23(28)11-17-13-29-20-10-16(2)6-9-19(17)20/h4-10,13H,11-12,14H2,1-3H3,(H,24,26). The summed E-state index contributed by atoms with van der Waals surface area (Å²) < 4.78 is 10.5. The second-order valence-corrected chi connectivity index (χ2v) is 7.26. The molecule has 0 atom stereocenters. The number of benzene rings is 2. The molecule has 0 fully saturated rings. The number of hydrogen-bond donors (Lipinski definition) is 1. The maximum absolute atomic E-state index is 12.2. The van der Waals surface area contributed by atoms with Gasteiger partial charge in [-0.15, -0.1) is 0 Å². The highest BCUT2D eigenvalue weighted by Gasteiger charge is 2.17. The number of furan rings is 1. The summed E-state index contributed by atoms with van der Waals surface area (Å²) in [5.41, 5.74) is 4.20. The molecule has 0 unspecified atom stereocenters. The Balaban J connectivity index is 1.46. The molecule has 0 saturated heterocycles. The average Bonchev–Trinajstić information content (AvgIpc) is 3.09. The van der Waals surface area contributed by atoms with Crippen LogP contribution in [0.3, 0.4) is 0 Å². The van der Waals surface area contributed by atoms with Crippen molar-refractivity contribution in [2.75, 3.05) is 25.5 Å². The lowest BCUT2D eigenvalue weighted by Gasteiger charge is -2.16. The molecular formula is C23H24N2O5. The van der Waals surface area contributed by atoms with Crippen LogP contribution in [0.1, 0.15) is 16.7 Å². The molecule has 3 aromatic rings. The van der Waals surface area contributed by atoms with Crippen molar-refractivity contribution in [3.63, 3.8) is 0 Å². The number of esters is 1. The van der Waals surface area contributed by atoms with Crippen LogP contribution in [0.15, 0.2) is 53.1 Å². The van der Waals surface area contributed by atoms with Crippen molar-refractivity contribution in [1.82, 2.24) is 4.90 Å². The van der Waals surface area contributed by atoms with E-state index in [0.717, 1.165) is 16.5 Å². The summed E-state index contributed by atoms with van der Waals surface area (Å²) in [5.74, 6) is -1.33. The zero-order valence-corrected chi connectivity index (χ0v) is 17.2. The number of anilines is 1. The number of carbonyl (C=O) groups excluding carboxylic acids is 3. The molecule has 156 valence electrons. The van der Waals surface area contributed by atoms with E-state index in [9.17, 15) is 14.4 Å². The van der Waals surface area contributed by atoms with E-state index in [1.54, 1.807) is 12.1 Å². The molecule has 2 aromatic carbocycles. The third kappa shape index (κ3) is 5.47. The summed E-state index contributed by atoms with van der Waals surface area (Å²) >= 11 is 0. The number of aryl methyl sites for hydroxylation is 2. The second kappa shape index (κ2) is 9.26. The molecule has 0 spiro atoms. The number of hydrogen-bond acceptors (Lipinski definition) is 5. The fourth-order valence-electron chi connectivity index (χ4n) is 2.93. The topological polar surface area (TPSA) is 88.9 Å². The van der Waals surface area contributed by atoms with E-state index >= 15 is 0 Å². The van der Waals surface area contributed by atoms with Gasteiger partial charge in [0, 0.05) is 23.7 Å². The highest BCUT2D eigenvalue weighted by Crippen LogP contribution is 2.22. The number of ether oxygens (including phenoxy) is 1. The molecule has 1 N–H and O–H groups in total. The van der Waals surface area contributed by atoms with Crippen molar-refractivity contribution in [3.05, 3.63) is 65.4 Å². The average molecular weight is 408 g/mol. The number of fused-ring (bicyclic) bond motifs is 1. The summed E-state index contributed by atoms with van der Waals surface area (Å²) in [6, 6.07) is 13.1. The molecule has 3 rings (SSSR count). The van der Waals surface area contributed by atoms with Crippen LogP contribution in [-0.4, -0.2) is 42.9 Å². The summed E-state index contributed by atoms with van der Waals surface area (Å²) in [6.07, 6.45) is 1.52. The Hall–Kier alpha value is -3.61. The van der Waals surface area contributed by atoms with Crippen molar-refractivity contribution in [2.45, 2.75) is 20.3 Å². The van der Waals surface area contributed by atoms with Crippen LogP contribution in [0.5, 0.6) is 0 Å². The quantitative estimate of drug-likeness (QED) is 0.607. The van der Waals surface area contributed by atoms with Crippen LogP contribution >= 0.6 is 0 Å². The molecule has 7 heteroatoms. The normalized spacial score (nSPS) is 10.6. The van der Waals surface area contributed by atoms with Gasteiger partial charge in [-0.25, -0.2) is 0 Å². The van der Waals surface area contributed by atoms with Crippen LogP contribution in [0.2, 0.25) is 0 Å². The maximum Gasteiger partial charge on any atom is 0.310 e. The summed E-state index contributed by atoms with van der Waals surface area (Å²) in [4.78, 5) is 37.6. The first-order chi connectivity index (χ1) is 14.3. The number of nitrogens with one attached hydrogen (secondary N) is 1. The molecular weight excluding hydrogens is 384 g/mol. The predicted octanol–water partition coefficient (Wildman–Crippen LogP) is 3.23. The zero-order valence-electron chi connectivity index (χ0n) is 17.2. The number of carbonyl (C=O) groups is 3. The van der Waals surface area contributed by atoms with E-state index in [-0.39, 0.29) is 18.9 Å². The van der Waals surface area contributed by atoms with Gasteiger partial charge in [-0.1, -0.05) is 29.8 Å². The maximum atomic E-state index is 12.2. The second-order valence-electron chi connectivity index (χ2n) is 7.26. The van der Waals surface area contributed by atoms with Crippen LogP contribution in [0.4, 0.5) is 5.69 Å². The molecule has 0 radical (unpaired) electrons. The smallest absolute Gasteiger partial charge is 0.310 e. The lowest BCUT2D eigenvalue weighted by molar-refractivity contribution is -0.151. The number of amides is 2. The molecule has 1 aromatic heterocycles. The Morgan fingerprint density at radius 2 is 1.73 bits per heavy atom. The third-order valence-corrected chi connectivity index (χ3v) is 4.64. The number of nitrogens with zero attached hydrogens (tertiary/aromatic N) is 1. The Bertz CT molecular complexity index is 1070. The Labute approximate surface area is 174 Å². The molecule has 0 aliphatic carbocycles. The zero-order chi connectivity index (χ0) is 21.7. The van der Waals surface area contributed by atoms with Gasteiger partial charge < -0.3 is 19.4 Å². The van der Waals surface area contributed by atoms with Crippen LogP contribution in [0, 0.1) is 13.8 Å². The molecule has 2 amide bonds. The minimum Gasteiger partial charge on any atom is -0.464 e. The van der Waals surface area contributed by atoms with Gasteiger partial charge in [0.05, 0.1) is 19.2 Å². The van der Waals surface area contributed by atoms with Crippen molar-refractivity contribution >= 4 is 34.4 Å². The van der Waals surface area contributed by atoms with Crippen molar-refractivity contribution in [2.24, 2.45) is 0 Å². The van der Waals surface area contributed by atoms with Crippen LogP contribution in [0.25, 0.3) is 11.0 Å². The van der Waals surface area contributed by atoms with Gasteiger partial charge in [-0.05, 0) is 37.6 Å². The van der Waals surface area contributed by atoms with E-state index in [1.807, 2.05) is 44.2 Å². The minimum atomic E-state index is -0.538. The number of rotatable bonds is 7. The molecule has 1 heterocycles. The van der Waals surface area contributed by atoms with E-state index in [1.165, 1.54) is 18.2 Å². The highest BCUT2D eigenvalue weighted by molar-refractivity contribution is 5.95. The summed E-state index contributed by atoms with van der Waals surface area (Å²) in [5, 5.41) is 3.56. The van der Waals surface area contributed by atoms with Crippen LogP contribution < -0.4 is 5.32 Å². The van der Waals surface area contributed by atoms with Gasteiger partial charge in [0.2, 0.25) is 5.91 Å². The van der Waals surface area contributed by atoms with Crippen molar-refractivity contribution < 1.29 is 23.5 Å². The predicted molar refractivity (Wildman–Crippen MR) is 113 cm³/mol. The first kappa shape index (κ1) is 21.1. The van der Waals surface area contributed by atoms with Crippen molar-refractivity contribution in [1.29, 1.82) is 0 Å². The summed E-state index contributed by atoms with van der Waals surface area (Å²) in [7, 11) is 1.48. The van der Waals surface area contributed by atoms with E-state index in [4.69, 9.17) is 9.15 Å². The van der Waals surface area contributed by atoms with Gasteiger partial charge in [-0.2, -0.15) is 0 Å². The van der Waals surface area contributed by atoms with E-state index < -0.39 is 18.5 Å². The van der Waals surface area contributed by atoms with Gasteiger partial charge in [0.15, 0.2) is 6.61 Å². The van der Waals surface area contributed by atoms with Gasteiger partial charge >= 0.3 is 5.97 Å². The van der Waals surface area contributed by atoms with Gasteiger partial charge in [-0.3, -0.25) is 14.4 Å². The molecule has 0 bridgehead atoms. The molecule has 30 heavy (non-hydrogen) atoms. The minimum absolute atomic E-state index is 0.000958. The largest absolute Gasteiger partial charge is 0.464 e. The van der Waals surface area contributed by atoms with Crippen LogP contribution in [-0.2, 0) is 25.5 Å². The summed E-state index contributed by atoms with van der Waals surface area (Å²) in [6.45, 7) is 3.34. The highest BCUT2D eigenvalue weighted by atomic mass is 16.5. The lowest BCUT2D eigenvalue weighted by Crippen LogP contribution is -2.37. The van der Waals surface area contributed by atoms with E-state index in [2.05, 4.69) is 5.32 Å². The monoisotopic (exact) mass is 408 g/mol. The molecule has 0 aliphatic heterocycles. The van der Waals surface area contributed by atoms with Gasteiger partial charge in [0.25, 0.3) is 5.91 Å². The fourth-order valence-corrected chi connectivity index (χ4v) is 2.93. The SMILES string of the molecule is Cc1ccc(NC(=O)CN(C)C(=O)COC(=O)Cc2coc3cc(C)ccc23)cc1. The molecule has 0 aliphatic rings.